The van der Waals surface area contributed by atoms with Crippen LogP contribution in [-0.4, -0.2) is 22.0 Å². The van der Waals surface area contributed by atoms with E-state index in [1.54, 1.807) is 24.3 Å². The van der Waals surface area contributed by atoms with Crippen LogP contribution in [-0.2, 0) is 12.8 Å². The van der Waals surface area contributed by atoms with E-state index >= 15 is 0 Å². The van der Waals surface area contributed by atoms with Gasteiger partial charge in [0.1, 0.15) is 0 Å². The van der Waals surface area contributed by atoms with E-state index in [1.165, 1.54) is 29.0 Å². The van der Waals surface area contributed by atoms with Gasteiger partial charge in [0, 0.05) is 16.8 Å². The molecule has 5 rings (SSSR count). The number of fused-ring (bicyclic) bond motifs is 2. The first-order valence-electron chi connectivity index (χ1n) is 8.88. The number of carbonyl (C=O) groups excluding carboxylic acids is 2. The Bertz CT molecular complexity index is 999. The van der Waals surface area contributed by atoms with Crippen LogP contribution in [0.15, 0.2) is 48.5 Å². The lowest BCUT2D eigenvalue weighted by Gasteiger charge is -2.15. The van der Waals surface area contributed by atoms with Crippen molar-refractivity contribution < 1.29 is 9.59 Å². The number of anilines is 1. The smallest absolute Gasteiger partial charge is 0.266 e. The Kier molecular flexibility index (Phi) is 3.28. The van der Waals surface area contributed by atoms with E-state index in [0.717, 1.165) is 24.1 Å². The summed E-state index contributed by atoms with van der Waals surface area (Å²) in [6, 6.07) is 14.4. The van der Waals surface area contributed by atoms with Gasteiger partial charge in [-0.3, -0.25) is 14.7 Å². The number of rotatable bonds is 2. The Balaban J connectivity index is 1.49. The van der Waals surface area contributed by atoms with Gasteiger partial charge in [0.15, 0.2) is 0 Å². The van der Waals surface area contributed by atoms with Gasteiger partial charge >= 0.3 is 0 Å². The second kappa shape index (κ2) is 5.66. The number of hydrogen-bond acceptors (Lipinski definition) is 3. The number of hydrogen-bond donors (Lipinski definition) is 1. The Labute approximate surface area is 150 Å². The summed E-state index contributed by atoms with van der Waals surface area (Å²) in [4.78, 5) is 26.4. The molecule has 2 aliphatic rings. The van der Waals surface area contributed by atoms with Crippen LogP contribution in [0.5, 0.6) is 0 Å². The Morgan fingerprint density at radius 2 is 1.50 bits per heavy atom. The summed E-state index contributed by atoms with van der Waals surface area (Å²) >= 11 is 0. The van der Waals surface area contributed by atoms with Crippen LogP contribution in [0.25, 0.3) is 11.3 Å². The molecule has 1 aliphatic heterocycles. The molecule has 2 heterocycles. The molecule has 1 aliphatic carbocycles. The zero-order valence-electron chi connectivity index (χ0n) is 14.2. The van der Waals surface area contributed by atoms with Gasteiger partial charge in [-0.2, -0.15) is 5.10 Å². The number of amides is 2. The van der Waals surface area contributed by atoms with E-state index in [2.05, 4.69) is 10.2 Å². The molecular formula is C21H17N3O2. The summed E-state index contributed by atoms with van der Waals surface area (Å²) in [5, 5.41) is 7.64. The molecule has 0 saturated carbocycles. The van der Waals surface area contributed by atoms with Gasteiger partial charge in [-0.25, -0.2) is 4.90 Å². The molecule has 0 radical (unpaired) electrons. The number of nitrogens with one attached hydrogen (secondary N) is 1. The van der Waals surface area contributed by atoms with Crippen molar-refractivity contribution in [3.8, 4) is 11.3 Å². The van der Waals surface area contributed by atoms with Gasteiger partial charge in [0.25, 0.3) is 11.8 Å². The summed E-state index contributed by atoms with van der Waals surface area (Å²) in [6.45, 7) is 0. The molecule has 0 atom stereocenters. The molecule has 0 saturated heterocycles. The number of imide groups is 1. The number of aryl methyl sites for hydroxylation is 1. The zero-order chi connectivity index (χ0) is 17.7. The second-order valence-electron chi connectivity index (χ2n) is 6.77. The van der Waals surface area contributed by atoms with E-state index < -0.39 is 0 Å². The minimum absolute atomic E-state index is 0.268. The van der Waals surface area contributed by atoms with E-state index in [4.69, 9.17) is 0 Å². The molecule has 5 nitrogen and oxygen atoms in total. The third kappa shape index (κ3) is 2.13. The van der Waals surface area contributed by atoms with Crippen LogP contribution in [0.4, 0.5) is 5.69 Å². The van der Waals surface area contributed by atoms with Crippen LogP contribution in [0.1, 0.15) is 44.8 Å². The minimum atomic E-state index is -0.268. The maximum Gasteiger partial charge on any atom is 0.266 e. The van der Waals surface area contributed by atoms with Crippen LogP contribution in [0.2, 0.25) is 0 Å². The predicted octanol–water partition coefficient (Wildman–Crippen LogP) is 3.76. The highest BCUT2D eigenvalue weighted by Crippen LogP contribution is 2.32. The molecule has 0 spiro atoms. The summed E-state index contributed by atoms with van der Waals surface area (Å²) in [7, 11) is 0. The molecule has 2 aromatic carbocycles. The van der Waals surface area contributed by atoms with E-state index in [-0.39, 0.29) is 11.8 Å². The van der Waals surface area contributed by atoms with Crippen molar-refractivity contribution in [3.63, 3.8) is 0 Å². The van der Waals surface area contributed by atoms with Crippen molar-refractivity contribution in [2.75, 3.05) is 4.90 Å². The summed E-state index contributed by atoms with van der Waals surface area (Å²) in [5.74, 6) is -0.536. The SMILES string of the molecule is O=C1c2ccccc2C(=O)N1c1ccc(-c2n[nH]c3c2CCCC3)cc1. The maximum absolute atomic E-state index is 12.6. The van der Waals surface area contributed by atoms with Crippen LogP contribution in [0, 0.1) is 0 Å². The summed E-state index contributed by atoms with van der Waals surface area (Å²) in [5.41, 5.74) is 6.02. The zero-order valence-corrected chi connectivity index (χ0v) is 14.2. The fraction of sp³-hybridized carbons (Fsp3) is 0.190. The lowest BCUT2D eigenvalue weighted by Crippen LogP contribution is -2.29. The average molecular weight is 343 g/mol. The molecule has 3 aromatic rings. The molecule has 5 heteroatoms. The number of aromatic amines is 1. The minimum Gasteiger partial charge on any atom is -0.282 e. The van der Waals surface area contributed by atoms with Gasteiger partial charge < -0.3 is 0 Å². The number of benzene rings is 2. The van der Waals surface area contributed by atoms with Crippen LogP contribution >= 0.6 is 0 Å². The molecule has 0 bridgehead atoms. The lowest BCUT2D eigenvalue weighted by atomic mass is 9.93. The van der Waals surface area contributed by atoms with E-state index in [1.807, 2.05) is 24.3 Å². The van der Waals surface area contributed by atoms with Crippen molar-refractivity contribution >= 4 is 17.5 Å². The largest absolute Gasteiger partial charge is 0.282 e. The highest BCUT2D eigenvalue weighted by molar-refractivity contribution is 6.34. The Morgan fingerprint density at radius 3 is 2.19 bits per heavy atom. The molecule has 1 N–H and O–H groups in total. The first kappa shape index (κ1) is 15.1. The highest BCUT2D eigenvalue weighted by atomic mass is 16.2. The number of H-pyrrole nitrogens is 1. The maximum atomic E-state index is 12.6. The van der Waals surface area contributed by atoms with Crippen molar-refractivity contribution in [2.24, 2.45) is 0 Å². The predicted molar refractivity (Wildman–Crippen MR) is 98.2 cm³/mol. The second-order valence-corrected chi connectivity index (χ2v) is 6.77. The van der Waals surface area contributed by atoms with Gasteiger partial charge in [0.05, 0.1) is 22.5 Å². The topological polar surface area (TPSA) is 66.1 Å². The lowest BCUT2D eigenvalue weighted by molar-refractivity contribution is 0.0926. The van der Waals surface area contributed by atoms with Crippen molar-refractivity contribution in [1.29, 1.82) is 0 Å². The average Bonchev–Trinajstić information content (AvgIpc) is 3.22. The first-order chi connectivity index (χ1) is 12.7. The van der Waals surface area contributed by atoms with Crippen molar-refractivity contribution in [2.45, 2.75) is 25.7 Å². The summed E-state index contributed by atoms with van der Waals surface area (Å²) < 4.78 is 0. The van der Waals surface area contributed by atoms with E-state index in [9.17, 15) is 9.59 Å². The molecule has 0 unspecified atom stereocenters. The van der Waals surface area contributed by atoms with Gasteiger partial charge in [-0.15, -0.1) is 0 Å². The first-order valence-corrected chi connectivity index (χ1v) is 8.88. The highest BCUT2D eigenvalue weighted by Gasteiger charge is 2.36. The van der Waals surface area contributed by atoms with Gasteiger partial charge in [-0.1, -0.05) is 24.3 Å². The van der Waals surface area contributed by atoms with Crippen LogP contribution in [0.3, 0.4) is 0 Å². The monoisotopic (exact) mass is 343 g/mol. The molecule has 2 amide bonds. The van der Waals surface area contributed by atoms with Crippen molar-refractivity contribution in [1.82, 2.24) is 10.2 Å². The molecule has 26 heavy (non-hydrogen) atoms. The summed E-state index contributed by atoms with van der Waals surface area (Å²) in [6.07, 6.45) is 4.48. The van der Waals surface area contributed by atoms with Crippen molar-refractivity contribution in [3.05, 3.63) is 70.9 Å². The fourth-order valence-electron chi connectivity index (χ4n) is 3.91. The molecule has 0 fully saturated rings. The van der Waals surface area contributed by atoms with Gasteiger partial charge in [-0.05, 0) is 49.9 Å². The van der Waals surface area contributed by atoms with Crippen LogP contribution < -0.4 is 4.90 Å². The molecule has 1 aromatic heterocycles. The quantitative estimate of drug-likeness (QED) is 0.721. The molecular weight excluding hydrogens is 326 g/mol. The normalized spacial score (nSPS) is 15.9. The Hall–Kier alpha value is -3.21. The van der Waals surface area contributed by atoms with E-state index in [0.29, 0.717) is 16.8 Å². The Morgan fingerprint density at radius 1 is 0.846 bits per heavy atom. The number of carbonyl (C=O) groups is 2. The number of nitrogens with zero attached hydrogens (tertiary/aromatic N) is 2. The number of aromatic nitrogens is 2. The third-order valence-corrected chi connectivity index (χ3v) is 5.25. The standard InChI is InChI=1S/C21H17N3O2/c25-20-15-5-1-2-6-16(15)21(26)24(20)14-11-9-13(10-12-14)19-17-7-3-4-8-18(17)22-23-19/h1-2,5-6,9-12H,3-4,7-8H2,(H,22,23). The van der Waals surface area contributed by atoms with Gasteiger partial charge in [0.2, 0.25) is 0 Å². The molecule has 128 valence electrons. The third-order valence-electron chi connectivity index (χ3n) is 5.25. The fourth-order valence-corrected chi connectivity index (χ4v) is 3.91.